The second kappa shape index (κ2) is 6.65. The van der Waals surface area contributed by atoms with Gasteiger partial charge in [-0.1, -0.05) is 17.7 Å². The van der Waals surface area contributed by atoms with Crippen molar-refractivity contribution < 1.29 is 23.1 Å². The van der Waals surface area contributed by atoms with E-state index >= 15 is 0 Å². The van der Waals surface area contributed by atoms with Crippen LogP contribution in [0.4, 0.5) is 0 Å². The second-order valence-corrected chi connectivity index (χ2v) is 5.64. The largest absolute Gasteiger partial charge is 0.465 e. The number of aryl methyl sites for hydroxylation is 1. The van der Waals surface area contributed by atoms with Crippen LogP contribution in [0.3, 0.4) is 0 Å². The van der Waals surface area contributed by atoms with Crippen LogP contribution in [0.5, 0.6) is 0 Å². The standard InChI is InChI=1S/C12H17NO5S/c1-3-18-12(15)11(8-14)13-19(16,17)10-6-4-9(2)5-7-10/h4-7,11,13-14H,3,8H2,1-2H3/t11-/m0/s1. The fourth-order valence-electron chi connectivity index (χ4n) is 1.38. The minimum absolute atomic E-state index is 0.0286. The van der Waals surface area contributed by atoms with Crippen LogP contribution in [-0.2, 0) is 19.6 Å². The normalized spacial score (nSPS) is 13.0. The Kier molecular flexibility index (Phi) is 5.46. The van der Waals surface area contributed by atoms with Crippen molar-refractivity contribution in [1.82, 2.24) is 4.72 Å². The number of sulfonamides is 1. The van der Waals surface area contributed by atoms with Crippen molar-refractivity contribution in [3.63, 3.8) is 0 Å². The van der Waals surface area contributed by atoms with Crippen LogP contribution in [0.2, 0.25) is 0 Å². The maximum atomic E-state index is 12.0. The Hall–Kier alpha value is -1.44. The maximum Gasteiger partial charge on any atom is 0.326 e. The fraction of sp³-hybridized carbons (Fsp3) is 0.417. The summed E-state index contributed by atoms with van der Waals surface area (Å²) in [5.41, 5.74) is 0.919. The van der Waals surface area contributed by atoms with Gasteiger partial charge in [0, 0.05) is 0 Å². The number of aliphatic hydroxyl groups excluding tert-OH is 1. The topological polar surface area (TPSA) is 92.7 Å². The van der Waals surface area contributed by atoms with E-state index in [2.05, 4.69) is 9.46 Å². The third-order valence-electron chi connectivity index (χ3n) is 2.38. The summed E-state index contributed by atoms with van der Waals surface area (Å²) in [6.07, 6.45) is 0. The molecule has 0 aliphatic rings. The molecule has 0 bridgehead atoms. The van der Waals surface area contributed by atoms with E-state index in [0.29, 0.717) is 0 Å². The molecule has 0 unspecified atom stereocenters. The predicted octanol–water partition coefficient (Wildman–Crippen LogP) is 0.197. The van der Waals surface area contributed by atoms with E-state index in [0.717, 1.165) is 5.56 Å². The third kappa shape index (κ3) is 4.30. The summed E-state index contributed by atoms with van der Waals surface area (Å²) in [7, 11) is -3.86. The third-order valence-corrected chi connectivity index (χ3v) is 3.87. The number of rotatable bonds is 6. The number of nitrogens with one attached hydrogen (secondary N) is 1. The molecule has 2 N–H and O–H groups in total. The molecule has 0 radical (unpaired) electrons. The van der Waals surface area contributed by atoms with E-state index in [-0.39, 0.29) is 11.5 Å². The molecule has 6 nitrogen and oxygen atoms in total. The Labute approximate surface area is 112 Å². The van der Waals surface area contributed by atoms with Crippen molar-refractivity contribution in [3.8, 4) is 0 Å². The minimum Gasteiger partial charge on any atom is -0.465 e. The molecule has 0 heterocycles. The number of aliphatic hydroxyl groups is 1. The number of hydrogen-bond donors (Lipinski definition) is 2. The quantitative estimate of drug-likeness (QED) is 0.729. The average Bonchev–Trinajstić information content (AvgIpc) is 2.36. The van der Waals surface area contributed by atoms with Gasteiger partial charge in [0.1, 0.15) is 6.04 Å². The van der Waals surface area contributed by atoms with Gasteiger partial charge in [0.05, 0.1) is 18.1 Å². The number of esters is 1. The average molecular weight is 287 g/mol. The lowest BCUT2D eigenvalue weighted by molar-refractivity contribution is -0.146. The molecule has 0 aliphatic carbocycles. The first-order valence-corrected chi connectivity index (χ1v) is 7.25. The number of ether oxygens (including phenoxy) is 1. The molecule has 1 rings (SSSR count). The Morgan fingerprint density at radius 1 is 1.37 bits per heavy atom. The first-order valence-electron chi connectivity index (χ1n) is 5.77. The molecule has 106 valence electrons. The van der Waals surface area contributed by atoms with Crippen LogP contribution in [0.15, 0.2) is 29.2 Å². The zero-order valence-corrected chi connectivity index (χ0v) is 11.6. The molecule has 7 heteroatoms. The molecule has 19 heavy (non-hydrogen) atoms. The SMILES string of the molecule is CCOC(=O)[C@H](CO)NS(=O)(=O)c1ccc(C)cc1. The summed E-state index contributed by atoms with van der Waals surface area (Å²) in [5, 5.41) is 9.05. The van der Waals surface area contributed by atoms with E-state index in [4.69, 9.17) is 5.11 Å². The van der Waals surface area contributed by atoms with Gasteiger partial charge in [0.2, 0.25) is 10.0 Å². The summed E-state index contributed by atoms with van der Waals surface area (Å²) in [5.74, 6) is -0.805. The van der Waals surface area contributed by atoms with Crippen molar-refractivity contribution in [1.29, 1.82) is 0 Å². The molecule has 1 aromatic rings. The molecule has 0 aromatic heterocycles. The van der Waals surface area contributed by atoms with E-state index < -0.39 is 28.6 Å². The summed E-state index contributed by atoms with van der Waals surface area (Å²) < 4.78 is 30.8. The first-order chi connectivity index (χ1) is 8.90. The molecule has 0 amide bonds. The van der Waals surface area contributed by atoms with E-state index in [1.165, 1.54) is 12.1 Å². The van der Waals surface area contributed by atoms with Gasteiger partial charge in [-0.3, -0.25) is 4.79 Å². The lowest BCUT2D eigenvalue weighted by Crippen LogP contribution is -2.44. The fourth-order valence-corrected chi connectivity index (χ4v) is 2.55. The van der Waals surface area contributed by atoms with E-state index in [9.17, 15) is 13.2 Å². The van der Waals surface area contributed by atoms with Crippen molar-refractivity contribution in [2.75, 3.05) is 13.2 Å². The van der Waals surface area contributed by atoms with Gasteiger partial charge < -0.3 is 9.84 Å². The van der Waals surface area contributed by atoms with Crippen molar-refractivity contribution in [3.05, 3.63) is 29.8 Å². The van der Waals surface area contributed by atoms with Crippen LogP contribution in [0.1, 0.15) is 12.5 Å². The van der Waals surface area contributed by atoms with Gasteiger partial charge >= 0.3 is 5.97 Å². The zero-order valence-electron chi connectivity index (χ0n) is 10.8. The summed E-state index contributed by atoms with van der Waals surface area (Å²) >= 11 is 0. The lowest BCUT2D eigenvalue weighted by atomic mass is 10.2. The summed E-state index contributed by atoms with van der Waals surface area (Å²) in [6, 6.07) is 4.85. The van der Waals surface area contributed by atoms with Crippen LogP contribution >= 0.6 is 0 Å². The number of benzene rings is 1. The highest BCUT2D eigenvalue weighted by Gasteiger charge is 2.25. The highest BCUT2D eigenvalue weighted by atomic mass is 32.2. The van der Waals surface area contributed by atoms with Gasteiger partial charge in [-0.25, -0.2) is 8.42 Å². The summed E-state index contributed by atoms with van der Waals surface area (Å²) in [4.78, 5) is 11.5. The highest BCUT2D eigenvalue weighted by Crippen LogP contribution is 2.10. The van der Waals surface area contributed by atoms with E-state index in [1.54, 1.807) is 19.1 Å². The number of carbonyl (C=O) groups is 1. The highest BCUT2D eigenvalue weighted by molar-refractivity contribution is 7.89. The Morgan fingerprint density at radius 2 is 1.95 bits per heavy atom. The maximum absolute atomic E-state index is 12.0. The molecular formula is C12H17NO5S. The molecule has 0 saturated carbocycles. The molecule has 0 saturated heterocycles. The van der Waals surface area contributed by atoms with Crippen LogP contribution in [0.25, 0.3) is 0 Å². The van der Waals surface area contributed by atoms with Crippen LogP contribution < -0.4 is 4.72 Å². The van der Waals surface area contributed by atoms with E-state index in [1.807, 2.05) is 6.92 Å². The van der Waals surface area contributed by atoms with Crippen molar-refractivity contribution >= 4 is 16.0 Å². The number of hydrogen-bond acceptors (Lipinski definition) is 5. The zero-order chi connectivity index (χ0) is 14.5. The first kappa shape index (κ1) is 15.6. The molecule has 1 atom stereocenters. The monoisotopic (exact) mass is 287 g/mol. The molecule has 0 aliphatic heterocycles. The Balaban J connectivity index is 2.89. The second-order valence-electron chi connectivity index (χ2n) is 3.92. The lowest BCUT2D eigenvalue weighted by Gasteiger charge is -2.15. The van der Waals surface area contributed by atoms with Crippen molar-refractivity contribution in [2.45, 2.75) is 24.8 Å². The van der Waals surface area contributed by atoms with Gasteiger partial charge in [-0.15, -0.1) is 0 Å². The van der Waals surface area contributed by atoms with Gasteiger partial charge in [0.15, 0.2) is 0 Å². The minimum atomic E-state index is -3.86. The van der Waals surface area contributed by atoms with Gasteiger partial charge in [-0.05, 0) is 26.0 Å². The molecule has 0 fully saturated rings. The Morgan fingerprint density at radius 3 is 2.42 bits per heavy atom. The van der Waals surface area contributed by atoms with Gasteiger partial charge in [-0.2, -0.15) is 4.72 Å². The molecule has 1 aromatic carbocycles. The van der Waals surface area contributed by atoms with Gasteiger partial charge in [0.25, 0.3) is 0 Å². The summed E-state index contributed by atoms with van der Waals surface area (Å²) in [6.45, 7) is 2.88. The van der Waals surface area contributed by atoms with Crippen LogP contribution in [-0.4, -0.2) is 38.7 Å². The predicted molar refractivity (Wildman–Crippen MR) is 69.0 cm³/mol. The molecular weight excluding hydrogens is 270 g/mol. The molecule has 0 spiro atoms. The number of carbonyl (C=O) groups excluding carboxylic acids is 1. The van der Waals surface area contributed by atoms with Crippen LogP contribution in [0, 0.1) is 6.92 Å². The Bertz CT molecular complexity index is 524. The van der Waals surface area contributed by atoms with Crippen molar-refractivity contribution in [2.24, 2.45) is 0 Å². The smallest absolute Gasteiger partial charge is 0.326 e.